The molecule has 3 aromatic rings. The van der Waals surface area contributed by atoms with Crippen LogP contribution in [0.2, 0.25) is 0 Å². The SMILES string of the molecule is C[C@@H](CN1CCCC1)NC(=O)c1cc(-c2cnn(C)c2)nc2ccccc12. The van der Waals surface area contributed by atoms with Crippen LogP contribution in [0, 0.1) is 0 Å². The number of hydrogen-bond acceptors (Lipinski definition) is 4. The number of rotatable bonds is 5. The van der Waals surface area contributed by atoms with Crippen molar-refractivity contribution in [3.63, 3.8) is 0 Å². The second kappa shape index (κ2) is 7.48. The fourth-order valence-corrected chi connectivity index (χ4v) is 3.76. The normalized spacial score (nSPS) is 15.9. The summed E-state index contributed by atoms with van der Waals surface area (Å²) in [5, 5.41) is 8.27. The van der Waals surface area contributed by atoms with E-state index in [2.05, 4.69) is 22.2 Å². The van der Waals surface area contributed by atoms with Crippen LogP contribution in [0.4, 0.5) is 0 Å². The van der Waals surface area contributed by atoms with Gasteiger partial charge in [-0.1, -0.05) is 18.2 Å². The lowest BCUT2D eigenvalue weighted by Gasteiger charge is -2.21. The van der Waals surface area contributed by atoms with Crippen LogP contribution in [-0.2, 0) is 7.05 Å². The first kappa shape index (κ1) is 17.7. The predicted octanol–water partition coefficient (Wildman–Crippen LogP) is 2.85. The number of aromatic nitrogens is 3. The zero-order valence-electron chi connectivity index (χ0n) is 15.9. The molecule has 1 N–H and O–H groups in total. The number of amides is 1. The summed E-state index contributed by atoms with van der Waals surface area (Å²) < 4.78 is 1.74. The maximum Gasteiger partial charge on any atom is 0.252 e. The van der Waals surface area contributed by atoms with E-state index >= 15 is 0 Å². The van der Waals surface area contributed by atoms with E-state index in [1.165, 1.54) is 12.8 Å². The zero-order valence-corrected chi connectivity index (χ0v) is 15.9. The van der Waals surface area contributed by atoms with Gasteiger partial charge in [0.15, 0.2) is 0 Å². The molecule has 1 fully saturated rings. The molecule has 1 saturated heterocycles. The van der Waals surface area contributed by atoms with E-state index in [9.17, 15) is 4.79 Å². The fraction of sp³-hybridized carbons (Fsp3) is 0.381. The van der Waals surface area contributed by atoms with Crippen LogP contribution in [-0.4, -0.2) is 51.2 Å². The van der Waals surface area contributed by atoms with E-state index in [-0.39, 0.29) is 11.9 Å². The van der Waals surface area contributed by atoms with Gasteiger partial charge in [-0.15, -0.1) is 0 Å². The molecule has 1 aliphatic rings. The number of nitrogens with zero attached hydrogens (tertiary/aromatic N) is 4. The quantitative estimate of drug-likeness (QED) is 0.757. The number of carbonyl (C=O) groups is 1. The summed E-state index contributed by atoms with van der Waals surface area (Å²) in [6.07, 6.45) is 6.19. The molecule has 0 bridgehead atoms. The van der Waals surface area contributed by atoms with Crippen LogP contribution in [0.1, 0.15) is 30.1 Å². The molecular formula is C21H25N5O. The van der Waals surface area contributed by atoms with Crippen LogP contribution in [0.15, 0.2) is 42.7 Å². The lowest BCUT2D eigenvalue weighted by atomic mass is 10.0. The Kier molecular flexibility index (Phi) is 4.90. The Labute approximate surface area is 159 Å². The van der Waals surface area contributed by atoms with E-state index in [1.54, 1.807) is 10.9 Å². The molecule has 3 heterocycles. The molecule has 2 aromatic heterocycles. The van der Waals surface area contributed by atoms with Crippen molar-refractivity contribution in [1.29, 1.82) is 0 Å². The van der Waals surface area contributed by atoms with E-state index < -0.39 is 0 Å². The standard InChI is InChI=1S/C21H25N5O/c1-15(13-26-9-5-6-10-26)23-21(27)18-11-20(16-12-22-25(2)14-16)24-19-8-4-3-7-17(18)19/h3-4,7-8,11-12,14-15H,5-6,9-10,13H2,1-2H3,(H,23,27)/t15-/m0/s1. The molecule has 1 atom stereocenters. The number of hydrogen-bond donors (Lipinski definition) is 1. The molecular weight excluding hydrogens is 338 g/mol. The van der Waals surface area contributed by atoms with Gasteiger partial charge in [0.1, 0.15) is 0 Å². The molecule has 0 spiro atoms. The third kappa shape index (κ3) is 3.85. The highest BCUT2D eigenvalue weighted by Crippen LogP contribution is 2.24. The second-order valence-corrected chi connectivity index (χ2v) is 7.36. The van der Waals surface area contributed by atoms with Gasteiger partial charge in [0, 0.05) is 36.8 Å². The summed E-state index contributed by atoms with van der Waals surface area (Å²) in [4.78, 5) is 20.2. The summed E-state index contributed by atoms with van der Waals surface area (Å²) >= 11 is 0. The van der Waals surface area contributed by atoms with Gasteiger partial charge in [0.2, 0.25) is 0 Å². The van der Waals surface area contributed by atoms with Gasteiger partial charge in [-0.05, 0) is 45.0 Å². The van der Waals surface area contributed by atoms with Gasteiger partial charge in [0.05, 0.1) is 23.0 Å². The van der Waals surface area contributed by atoms with Gasteiger partial charge in [0.25, 0.3) is 5.91 Å². The van der Waals surface area contributed by atoms with Crippen LogP contribution in [0.5, 0.6) is 0 Å². The van der Waals surface area contributed by atoms with Crippen molar-refractivity contribution in [1.82, 2.24) is 25.0 Å². The average molecular weight is 363 g/mol. The molecule has 6 heteroatoms. The van der Waals surface area contributed by atoms with Crippen LogP contribution in [0.25, 0.3) is 22.2 Å². The molecule has 0 unspecified atom stereocenters. The lowest BCUT2D eigenvalue weighted by molar-refractivity contribution is 0.0933. The summed E-state index contributed by atoms with van der Waals surface area (Å²) in [6.45, 7) is 5.22. The molecule has 0 radical (unpaired) electrons. The van der Waals surface area contributed by atoms with Crippen molar-refractivity contribution in [2.24, 2.45) is 7.05 Å². The van der Waals surface area contributed by atoms with Crippen molar-refractivity contribution in [3.05, 3.63) is 48.3 Å². The highest BCUT2D eigenvalue weighted by Gasteiger charge is 2.19. The summed E-state index contributed by atoms with van der Waals surface area (Å²) in [7, 11) is 1.87. The minimum Gasteiger partial charge on any atom is -0.348 e. The Bertz CT molecular complexity index is 958. The summed E-state index contributed by atoms with van der Waals surface area (Å²) in [5.41, 5.74) is 3.14. The Balaban J connectivity index is 1.63. The zero-order chi connectivity index (χ0) is 18.8. The topological polar surface area (TPSA) is 63.1 Å². The first-order valence-electron chi connectivity index (χ1n) is 9.52. The summed E-state index contributed by atoms with van der Waals surface area (Å²) in [5.74, 6) is -0.0505. The van der Waals surface area contributed by atoms with Crippen molar-refractivity contribution in [2.75, 3.05) is 19.6 Å². The maximum absolute atomic E-state index is 13.1. The van der Waals surface area contributed by atoms with Crippen LogP contribution < -0.4 is 5.32 Å². The molecule has 4 rings (SSSR count). The first-order chi connectivity index (χ1) is 13.1. The number of fused-ring (bicyclic) bond motifs is 1. The smallest absolute Gasteiger partial charge is 0.252 e. The number of para-hydroxylation sites is 1. The van der Waals surface area contributed by atoms with E-state index in [0.717, 1.165) is 41.8 Å². The molecule has 1 aliphatic heterocycles. The summed E-state index contributed by atoms with van der Waals surface area (Å²) in [6, 6.07) is 9.76. The number of benzene rings is 1. The number of aryl methyl sites for hydroxylation is 1. The third-order valence-electron chi connectivity index (χ3n) is 5.07. The van der Waals surface area contributed by atoms with Crippen molar-refractivity contribution < 1.29 is 4.79 Å². The minimum absolute atomic E-state index is 0.0505. The minimum atomic E-state index is -0.0505. The van der Waals surface area contributed by atoms with E-state index in [4.69, 9.17) is 4.98 Å². The highest BCUT2D eigenvalue weighted by molar-refractivity contribution is 6.07. The lowest BCUT2D eigenvalue weighted by Crippen LogP contribution is -2.41. The van der Waals surface area contributed by atoms with Crippen molar-refractivity contribution in [2.45, 2.75) is 25.8 Å². The molecule has 27 heavy (non-hydrogen) atoms. The van der Waals surface area contributed by atoms with Gasteiger partial charge < -0.3 is 10.2 Å². The van der Waals surface area contributed by atoms with E-state index in [1.807, 2.05) is 43.6 Å². The molecule has 1 amide bonds. The number of nitrogens with one attached hydrogen (secondary N) is 1. The Morgan fingerprint density at radius 1 is 1.26 bits per heavy atom. The Morgan fingerprint density at radius 2 is 2.04 bits per heavy atom. The second-order valence-electron chi connectivity index (χ2n) is 7.36. The van der Waals surface area contributed by atoms with Gasteiger partial charge >= 0.3 is 0 Å². The molecule has 140 valence electrons. The highest BCUT2D eigenvalue weighted by atomic mass is 16.1. The molecule has 0 aliphatic carbocycles. The number of likely N-dealkylation sites (tertiary alicyclic amines) is 1. The van der Waals surface area contributed by atoms with Gasteiger partial charge in [-0.25, -0.2) is 4.98 Å². The van der Waals surface area contributed by atoms with Crippen molar-refractivity contribution in [3.8, 4) is 11.3 Å². The first-order valence-corrected chi connectivity index (χ1v) is 9.52. The van der Waals surface area contributed by atoms with Crippen LogP contribution >= 0.6 is 0 Å². The number of pyridine rings is 1. The van der Waals surface area contributed by atoms with Crippen LogP contribution in [0.3, 0.4) is 0 Å². The van der Waals surface area contributed by atoms with Crippen molar-refractivity contribution >= 4 is 16.8 Å². The van der Waals surface area contributed by atoms with Gasteiger partial charge in [-0.3, -0.25) is 9.48 Å². The van der Waals surface area contributed by atoms with Gasteiger partial charge in [-0.2, -0.15) is 5.10 Å². The van der Waals surface area contributed by atoms with E-state index in [0.29, 0.717) is 5.56 Å². The fourth-order valence-electron chi connectivity index (χ4n) is 3.76. The maximum atomic E-state index is 13.1. The predicted molar refractivity (Wildman–Crippen MR) is 107 cm³/mol. The third-order valence-corrected chi connectivity index (χ3v) is 5.07. The number of carbonyl (C=O) groups excluding carboxylic acids is 1. The largest absolute Gasteiger partial charge is 0.348 e. The average Bonchev–Trinajstić information content (AvgIpc) is 3.32. The monoisotopic (exact) mass is 363 g/mol. The molecule has 6 nitrogen and oxygen atoms in total. The Hall–Kier alpha value is -2.73. The molecule has 1 aromatic carbocycles. The molecule has 0 saturated carbocycles. The Morgan fingerprint density at radius 3 is 2.78 bits per heavy atom.